The van der Waals surface area contributed by atoms with E-state index in [-0.39, 0.29) is 11.9 Å². The molecule has 1 saturated heterocycles. The molecule has 7 heteroatoms. The molecule has 0 spiro atoms. The number of nitrogens with one attached hydrogen (secondary N) is 1. The average molecular weight is 393 g/mol. The minimum Gasteiger partial charge on any atom is -0.350 e. The Bertz CT molecular complexity index is 680. The van der Waals surface area contributed by atoms with Crippen LogP contribution in [0.3, 0.4) is 0 Å². The molecule has 3 heterocycles. The summed E-state index contributed by atoms with van der Waals surface area (Å²) in [6.45, 7) is 1.72. The van der Waals surface area contributed by atoms with E-state index < -0.39 is 0 Å². The number of hydrogen-bond donors (Lipinski definition) is 1. The maximum Gasteiger partial charge on any atom is 0.244 e. The van der Waals surface area contributed by atoms with Gasteiger partial charge in [0, 0.05) is 42.5 Å². The summed E-state index contributed by atoms with van der Waals surface area (Å²) in [5.41, 5.74) is 0. The van der Waals surface area contributed by atoms with Crippen LogP contribution in [0.15, 0.2) is 40.5 Å². The summed E-state index contributed by atoms with van der Waals surface area (Å²) in [6.07, 6.45) is 8.77. The van der Waals surface area contributed by atoms with E-state index in [9.17, 15) is 4.79 Å². The smallest absolute Gasteiger partial charge is 0.244 e. The third-order valence-electron chi connectivity index (χ3n) is 3.67. The van der Waals surface area contributed by atoms with Crippen molar-refractivity contribution in [1.82, 2.24) is 15.3 Å². The van der Waals surface area contributed by atoms with Crippen LogP contribution < -0.4 is 10.2 Å². The highest BCUT2D eigenvalue weighted by Gasteiger charge is 2.21. The van der Waals surface area contributed by atoms with E-state index in [2.05, 4.69) is 36.1 Å². The quantitative estimate of drug-likeness (QED) is 0.812. The Morgan fingerprint density at radius 2 is 2.04 bits per heavy atom. The van der Waals surface area contributed by atoms with Crippen molar-refractivity contribution >= 4 is 45.2 Å². The average Bonchev–Trinajstić information content (AvgIpc) is 3.00. The number of piperidine rings is 1. The van der Waals surface area contributed by atoms with Crippen molar-refractivity contribution in [2.24, 2.45) is 0 Å². The first kappa shape index (κ1) is 16.1. The van der Waals surface area contributed by atoms with Crippen LogP contribution in [0.4, 0.5) is 5.95 Å². The topological polar surface area (TPSA) is 58.1 Å². The monoisotopic (exact) mass is 392 g/mol. The Kier molecular flexibility index (Phi) is 5.40. The molecular weight excluding hydrogens is 376 g/mol. The van der Waals surface area contributed by atoms with Gasteiger partial charge in [0.15, 0.2) is 0 Å². The van der Waals surface area contributed by atoms with Crippen LogP contribution in [0.25, 0.3) is 6.08 Å². The number of rotatable bonds is 4. The molecular formula is C16H17BrN4OS. The summed E-state index contributed by atoms with van der Waals surface area (Å²) in [5.74, 6) is 0.726. The second kappa shape index (κ2) is 7.70. The van der Waals surface area contributed by atoms with Crippen molar-refractivity contribution in [3.05, 3.63) is 45.3 Å². The van der Waals surface area contributed by atoms with Crippen molar-refractivity contribution in [2.75, 3.05) is 18.0 Å². The zero-order chi connectivity index (χ0) is 16.1. The minimum atomic E-state index is -0.0380. The molecule has 1 fully saturated rings. The normalized spacial score (nSPS) is 16.0. The number of aromatic nitrogens is 2. The SMILES string of the molecule is O=C(/C=C/c1ccc(Br)s1)NC1CCN(c2ncccn2)CC1. The van der Waals surface area contributed by atoms with E-state index in [1.165, 1.54) is 0 Å². The predicted octanol–water partition coefficient (Wildman–Crippen LogP) is 3.10. The maximum absolute atomic E-state index is 12.0. The standard InChI is InChI=1S/C16H17BrN4OS/c17-14-4-2-13(23-14)3-5-15(22)20-12-6-10-21(11-7-12)16-18-8-1-9-19-16/h1-5,8-9,12H,6-7,10-11H2,(H,20,22)/b5-3+. The van der Waals surface area contributed by atoms with Crippen molar-refractivity contribution in [2.45, 2.75) is 18.9 Å². The Labute approximate surface area is 147 Å². The second-order valence-electron chi connectivity index (χ2n) is 5.29. The molecule has 1 aliphatic rings. The molecule has 0 atom stereocenters. The van der Waals surface area contributed by atoms with E-state index in [0.29, 0.717) is 0 Å². The number of anilines is 1. The Balaban J connectivity index is 1.47. The molecule has 0 bridgehead atoms. The van der Waals surface area contributed by atoms with Gasteiger partial charge in [-0.2, -0.15) is 0 Å². The molecule has 0 radical (unpaired) electrons. The summed E-state index contributed by atoms with van der Waals surface area (Å²) in [6, 6.07) is 5.98. The predicted molar refractivity (Wildman–Crippen MR) is 96.5 cm³/mol. The Morgan fingerprint density at radius 1 is 1.30 bits per heavy atom. The molecule has 2 aromatic heterocycles. The van der Waals surface area contributed by atoms with Gasteiger partial charge in [-0.25, -0.2) is 9.97 Å². The van der Waals surface area contributed by atoms with Gasteiger partial charge in [-0.15, -0.1) is 11.3 Å². The maximum atomic E-state index is 12.0. The van der Waals surface area contributed by atoms with E-state index >= 15 is 0 Å². The van der Waals surface area contributed by atoms with Gasteiger partial charge in [-0.3, -0.25) is 4.79 Å². The van der Waals surface area contributed by atoms with Crippen molar-refractivity contribution in [3.8, 4) is 0 Å². The number of halogens is 1. The molecule has 0 aliphatic carbocycles. The second-order valence-corrected chi connectivity index (χ2v) is 7.79. The van der Waals surface area contributed by atoms with Crippen LogP contribution in [-0.2, 0) is 4.79 Å². The van der Waals surface area contributed by atoms with E-state index in [4.69, 9.17) is 0 Å². The van der Waals surface area contributed by atoms with E-state index in [0.717, 1.165) is 40.5 Å². The molecule has 23 heavy (non-hydrogen) atoms. The fourth-order valence-electron chi connectivity index (χ4n) is 2.50. The molecule has 1 N–H and O–H groups in total. The Hall–Kier alpha value is -1.73. The Morgan fingerprint density at radius 3 is 2.70 bits per heavy atom. The number of thiophene rings is 1. The third kappa shape index (κ3) is 4.62. The van der Waals surface area contributed by atoms with Crippen molar-refractivity contribution < 1.29 is 4.79 Å². The lowest BCUT2D eigenvalue weighted by molar-refractivity contribution is -0.117. The van der Waals surface area contributed by atoms with Gasteiger partial charge in [0.05, 0.1) is 3.79 Å². The molecule has 2 aromatic rings. The lowest BCUT2D eigenvalue weighted by atomic mass is 10.1. The van der Waals surface area contributed by atoms with Crippen LogP contribution in [-0.4, -0.2) is 35.0 Å². The summed E-state index contributed by atoms with van der Waals surface area (Å²) in [5, 5.41) is 3.07. The third-order valence-corrected chi connectivity index (χ3v) is 5.26. The number of carbonyl (C=O) groups is 1. The highest BCUT2D eigenvalue weighted by molar-refractivity contribution is 9.11. The van der Waals surface area contributed by atoms with Crippen molar-refractivity contribution in [1.29, 1.82) is 0 Å². The van der Waals surface area contributed by atoms with Gasteiger partial charge in [0.25, 0.3) is 0 Å². The fraction of sp³-hybridized carbons (Fsp3) is 0.312. The van der Waals surface area contributed by atoms with E-state index in [1.54, 1.807) is 29.8 Å². The van der Waals surface area contributed by atoms with Gasteiger partial charge < -0.3 is 10.2 Å². The van der Waals surface area contributed by atoms with Gasteiger partial charge in [-0.1, -0.05) is 0 Å². The fourth-order valence-corrected chi connectivity index (χ4v) is 3.83. The summed E-state index contributed by atoms with van der Waals surface area (Å²) in [4.78, 5) is 23.7. The lowest BCUT2D eigenvalue weighted by Crippen LogP contribution is -2.44. The zero-order valence-electron chi connectivity index (χ0n) is 12.5. The first-order valence-electron chi connectivity index (χ1n) is 7.46. The van der Waals surface area contributed by atoms with Gasteiger partial charge in [-0.05, 0) is 53.0 Å². The first-order chi connectivity index (χ1) is 11.2. The molecule has 0 aromatic carbocycles. The molecule has 1 aliphatic heterocycles. The van der Waals surface area contributed by atoms with Crippen molar-refractivity contribution in [3.63, 3.8) is 0 Å². The molecule has 1 amide bonds. The first-order valence-corrected chi connectivity index (χ1v) is 9.07. The largest absolute Gasteiger partial charge is 0.350 e. The molecule has 120 valence electrons. The summed E-state index contributed by atoms with van der Waals surface area (Å²) >= 11 is 5.02. The van der Waals surface area contributed by atoms with Gasteiger partial charge in [0.2, 0.25) is 11.9 Å². The summed E-state index contributed by atoms with van der Waals surface area (Å²) < 4.78 is 1.06. The van der Waals surface area contributed by atoms with Crippen LogP contribution in [0, 0.1) is 0 Å². The minimum absolute atomic E-state index is 0.0380. The van der Waals surface area contributed by atoms with Crippen LogP contribution in [0.1, 0.15) is 17.7 Å². The molecule has 0 saturated carbocycles. The van der Waals surface area contributed by atoms with Crippen LogP contribution in [0.5, 0.6) is 0 Å². The van der Waals surface area contributed by atoms with Crippen LogP contribution in [0.2, 0.25) is 0 Å². The zero-order valence-corrected chi connectivity index (χ0v) is 14.9. The number of hydrogen-bond acceptors (Lipinski definition) is 5. The van der Waals surface area contributed by atoms with E-state index in [1.807, 2.05) is 24.3 Å². The molecule has 5 nitrogen and oxygen atoms in total. The summed E-state index contributed by atoms with van der Waals surface area (Å²) in [7, 11) is 0. The lowest BCUT2D eigenvalue weighted by Gasteiger charge is -2.32. The molecule has 0 unspecified atom stereocenters. The van der Waals surface area contributed by atoms with Gasteiger partial charge >= 0.3 is 0 Å². The molecule has 3 rings (SSSR count). The highest BCUT2D eigenvalue weighted by atomic mass is 79.9. The number of nitrogens with zero attached hydrogens (tertiary/aromatic N) is 3. The highest BCUT2D eigenvalue weighted by Crippen LogP contribution is 2.23. The van der Waals surface area contributed by atoms with Gasteiger partial charge in [0.1, 0.15) is 0 Å². The number of amides is 1. The number of carbonyl (C=O) groups excluding carboxylic acids is 1. The van der Waals surface area contributed by atoms with Crippen LogP contribution >= 0.6 is 27.3 Å².